The van der Waals surface area contributed by atoms with Gasteiger partial charge in [-0.1, -0.05) is 0 Å². The quantitative estimate of drug-likeness (QED) is 0.437. The van der Waals surface area contributed by atoms with E-state index in [-0.39, 0.29) is 12.2 Å². The summed E-state index contributed by atoms with van der Waals surface area (Å²) in [6, 6.07) is 5.01. The van der Waals surface area contributed by atoms with Crippen molar-refractivity contribution < 1.29 is 19.4 Å². The number of carbonyl (C=O) groups is 2. The minimum absolute atomic E-state index is 0.143. The molecule has 8 heteroatoms. The van der Waals surface area contributed by atoms with Crippen molar-refractivity contribution in [3.8, 4) is 0 Å². The number of nitrogens with one attached hydrogen (secondary N) is 2. The first-order valence-electron chi connectivity index (χ1n) is 5.80. The van der Waals surface area contributed by atoms with Gasteiger partial charge in [0.2, 0.25) is 0 Å². The molecule has 1 unspecified atom stereocenters. The average Bonchev–Trinajstić information content (AvgIpc) is 2.86. The van der Waals surface area contributed by atoms with Crippen molar-refractivity contribution >= 4 is 28.5 Å². The molecule has 0 aliphatic rings. The maximum atomic E-state index is 11.9. The molecule has 0 saturated heterocycles. The van der Waals surface area contributed by atoms with Crippen LogP contribution in [0.5, 0.6) is 0 Å². The van der Waals surface area contributed by atoms with Crippen molar-refractivity contribution in [3.63, 3.8) is 0 Å². The van der Waals surface area contributed by atoms with Crippen molar-refractivity contribution in [1.29, 1.82) is 0 Å². The van der Waals surface area contributed by atoms with E-state index in [1.54, 1.807) is 18.2 Å². The molecule has 1 atom stereocenters. The Morgan fingerprint density at radius 3 is 3.00 bits per heavy atom. The lowest BCUT2D eigenvalue weighted by atomic mass is 10.2. The Balaban J connectivity index is 2.12. The summed E-state index contributed by atoms with van der Waals surface area (Å²) in [6.07, 6.45) is -1.42. The zero-order chi connectivity index (χ0) is 14.7. The summed E-state index contributed by atoms with van der Waals surface area (Å²) in [4.78, 5) is 23.0. The lowest BCUT2D eigenvalue weighted by Crippen LogP contribution is -2.37. The number of nitrogen functional groups attached to an aromatic ring is 1. The summed E-state index contributed by atoms with van der Waals surface area (Å²) >= 11 is 0. The third kappa shape index (κ3) is 2.69. The number of rotatable bonds is 4. The Hall–Kier alpha value is -2.61. The second-order valence-electron chi connectivity index (χ2n) is 4.13. The molecule has 0 radical (unpaired) electrons. The number of aromatic nitrogens is 2. The molecule has 2 rings (SSSR count). The number of methoxy groups -OCH3 is 1. The van der Waals surface area contributed by atoms with E-state index in [0.29, 0.717) is 16.6 Å². The molecule has 20 heavy (non-hydrogen) atoms. The number of ether oxygens (including phenoxy) is 1. The van der Waals surface area contributed by atoms with Crippen LogP contribution in [0.25, 0.3) is 10.9 Å². The number of hydrogen-bond acceptors (Lipinski definition) is 6. The van der Waals surface area contributed by atoms with E-state index in [9.17, 15) is 14.7 Å². The summed E-state index contributed by atoms with van der Waals surface area (Å²) in [7, 11) is 1.15. The monoisotopic (exact) mass is 278 g/mol. The molecule has 2 aromatic rings. The van der Waals surface area contributed by atoms with E-state index < -0.39 is 18.0 Å². The lowest BCUT2D eigenvalue weighted by molar-refractivity contribution is -0.149. The van der Waals surface area contributed by atoms with E-state index in [4.69, 9.17) is 5.73 Å². The van der Waals surface area contributed by atoms with Crippen LogP contribution in [0, 0.1) is 0 Å². The average molecular weight is 278 g/mol. The normalized spacial score (nSPS) is 12.1. The minimum atomic E-state index is -1.42. The fourth-order valence-electron chi connectivity index (χ4n) is 1.70. The van der Waals surface area contributed by atoms with Crippen LogP contribution >= 0.6 is 0 Å². The topological polar surface area (TPSA) is 130 Å². The summed E-state index contributed by atoms with van der Waals surface area (Å²) in [5, 5.41) is 18.9. The first-order chi connectivity index (χ1) is 9.52. The molecular formula is C12H14N4O4. The number of anilines is 1. The SMILES string of the molecule is COC(=O)C(O)CNC(=O)c1n[nH]c2ccc(N)cc12. The highest BCUT2D eigenvalue weighted by atomic mass is 16.5. The van der Waals surface area contributed by atoms with E-state index >= 15 is 0 Å². The number of aliphatic hydroxyl groups is 1. The minimum Gasteiger partial charge on any atom is -0.467 e. The Kier molecular flexibility index (Phi) is 3.85. The number of carbonyl (C=O) groups excluding carboxylic acids is 2. The predicted octanol–water partition coefficient (Wildman–Crippen LogP) is -0.591. The fraction of sp³-hybridized carbons (Fsp3) is 0.250. The Morgan fingerprint density at radius 1 is 1.55 bits per heavy atom. The number of H-pyrrole nitrogens is 1. The second kappa shape index (κ2) is 5.57. The van der Waals surface area contributed by atoms with Gasteiger partial charge in [-0.25, -0.2) is 4.79 Å². The van der Waals surface area contributed by atoms with Crippen LogP contribution in [0.4, 0.5) is 5.69 Å². The number of benzene rings is 1. The molecule has 106 valence electrons. The zero-order valence-corrected chi connectivity index (χ0v) is 10.7. The van der Waals surface area contributed by atoms with E-state index in [0.717, 1.165) is 7.11 Å². The van der Waals surface area contributed by atoms with Gasteiger partial charge in [-0.15, -0.1) is 0 Å². The largest absolute Gasteiger partial charge is 0.467 e. The maximum absolute atomic E-state index is 11.9. The van der Waals surface area contributed by atoms with Crippen molar-refractivity contribution in [3.05, 3.63) is 23.9 Å². The van der Waals surface area contributed by atoms with Gasteiger partial charge >= 0.3 is 5.97 Å². The van der Waals surface area contributed by atoms with E-state index in [2.05, 4.69) is 20.3 Å². The van der Waals surface area contributed by atoms with Crippen LogP contribution in [0.3, 0.4) is 0 Å². The van der Waals surface area contributed by atoms with Crippen LogP contribution in [0.15, 0.2) is 18.2 Å². The molecule has 0 fully saturated rings. The Labute approximate surface area is 113 Å². The molecule has 0 spiro atoms. The number of aliphatic hydroxyl groups excluding tert-OH is 1. The van der Waals surface area contributed by atoms with Crippen LogP contribution in [0.2, 0.25) is 0 Å². The van der Waals surface area contributed by atoms with Gasteiger partial charge in [-0.2, -0.15) is 5.10 Å². The molecule has 0 aliphatic heterocycles. The summed E-state index contributed by atoms with van der Waals surface area (Å²) in [6.45, 7) is -0.262. The van der Waals surface area contributed by atoms with Gasteiger partial charge < -0.3 is 20.9 Å². The molecule has 0 bridgehead atoms. The van der Waals surface area contributed by atoms with Gasteiger partial charge in [0.05, 0.1) is 19.2 Å². The molecule has 0 aliphatic carbocycles. The van der Waals surface area contributed by atoms with Crippen molar-refractivity contribution in [2.45, 2.75) is 6.10 Å². The van der Waals surface area contributed by atoms with Crippen LogP contribution < -0.4 is 11.1 Å². The molecule has 5 N–H and O–H groups in total. The van der Waals surface area contributed by atoms with Gasteiger partial charge in [0.25, 0.3) is 5.91 Å². The van der Waals surface area contributed by atoms with Gasteiger partial charge in [0.1, 0.15) is 0 Å². The van der Waals surface area contributed by atoms with Crippen LogP contribution in [-0.4, -0.2) is 46.9 Å². The first-order valence-corrected chi connectivity index (χ1v) is 5.80. The van der Waals surface area contributed by atoms with Gasteiger partial charge in [-0.05, 0) is 18.2 Å². The molecule has 1 aromatic carbocycles. The number of nitrogens with two attached hydrogens (primary N) is 1. The van der Waals surface area contributed by atoms with Crippen LogP contribution in [0.1, 0.15) is 10.5 Å². The van der Waals surface area contributed by atoms with Gasteiger partial charge in [0.15, 0.2) is 11.8 Å². The summed E-state index contributed by atoms with van der Waals surface area (Å²) < 4.78 is 4.34. The number of fused-ring (bicyclic) bond motifs is 1. The predicted molar refractivity (Wildman–Crippen MR) is 70.9 cm³/mol. The standard InChI is InChI=1S/C12H14N4O4/c1-20-12(19)9(17)5-14-11(18)10-7-4-6(13)2-3-8(7)15-16-10/h2-4,9,17H,5,13H2,1H3,(H,14,18)(H,15,16). The number of amides is 1. The number of aromatic amines is 1. The summed E-state index contributed by atoms with van der Waals surface area (Å²) in [5.74, 6) is -1.34. The molecule has 1 amide bonds. The highest BCUT2D eigenvalue weighted by Crippen LogP contribution is 2.18. The molecule has 0 saturated carbocycles. The maximum Gasteiger partial charge on any atom is 0.336 e. The van der Waals surface area contributed by atoms with Crippen LogP contribution in [-0.2, 0) is 9.53 Å². The molecule has 1 heterocycles. The van der Waals surface area contributed by atoms with E-state index in [1.807, 2.05) is 0 Å². The molecule has 8 nitrogen and oxygen atoms in total. The first kappa shape index (κ1) is 13.8. The Bertz CT molecular complexity index is 652. The number of nitrogens with zero attached hydrogens (tertiary/aromatic N) is 1. The third-order valence-electron chi connectivity index (χ3n) is 2.73. The molecule has 1 aromatic heterocycles. The highest BCUT2D eigenvalue weighted by molar-refractivity contribution is 6.05. The van der Waals surface area contributed by atoms with Gasteiger partial charge in [0, 0.05) is 11.1 Å². The number of hydrogen-bond donors (Lipinski definition) is 4. The highest BCUT2D eigenvalue weighted by Gasteiger charge is 2.19. The van der Waals surface area contributed by atoms with Gasteiger partial charge in [-0.3, -0.25) is 9.89 Å². The Morgan fingerprint density at radius 2 is 2.30 bits per heavy atom. The molecular weight excluding hydrogens is 264 g/mol. The zero-order valence-electron chi connectivity index (χ0n) is 10.7. The fourth-order valence-corrected chi connectivity index (χ4v) is 1.70. The van der Waals surface area contributed by atoms with E-state index in [1.165, 1.54) is 0 Å². The van der Waals surface area contributed by atoms with Crippen molar-refractivity contribution in [2.24, 2.45) is 0 Å². The van der Waals surface area contributed by atoms with Crippen molar-refractivity contribution in [1.82, 2.24) is 15.5 Å². The third-order valence-corrected chi connectivity index (χ3v) is 2.73. The van der Waals surface area contributed by atoms with Crippen molar-refractivity contribution in [2.75, 3.05) is 19.4 Å². The number of esters is 1. The second-order valence-corrected chi connectivity index (χ2v) is 4.13. The lowest BCUT2D eigenvalue weighted by Gasteiger charge is -2.08. The summed E-state index contributed by atoms with van der Waals surface area (Å²) in [5.41, 5.74) is 6.97. The smallest absolute Gasteiger partial charge is 0.336 e.